The molecule has 66 valence electrons. The fourth-order valence-corrected chi connectivity index (χ4v) is 4.43. The van der Waals surface area contributed by atoms with Crippen molar-refractivity contribution in [2.75, 3.05) is 11.5 Å². The molecule has 1 heterocycles. The zero-order valence-electron chi connectivity index (χ0n) is 7.59. The highest BCUT2D eigenvalue weighted by Gasteiger charge is 2.26. The third kappa shape index (κ3) is 1.95. The van der Waals surface area contributed by atoms with Gasteiger partial charge >= 0.3 is 0 Å². The van der Waals surface area contributed by atoms with Crippen LogP contribution in [0.25, 0.3) is 0 Å². The van der Waals surface area contributed by atoms with Crippen molar-refractivity contribution in [2.45, 2.75) is 32.1 Å². The summed E-state index contributed by atoms with van der Waals surface area (Å²) >= 11 is 0. The molecule has 0 spiro atoms. The van der Waals surface area contributed by atoms with E-state index < -0.39 is 0 Å². The summed E-state index contributed by atoms with van der Waals surface area (Å²) in [6, 6.07) is 0. The fourth-order valence-electron chi connectivity index (χ4n) is 1.91. The van der Waals surface area contributed by atoms with Crippen molar-refractivity contribution in [3.05, 3.63) is 23.1 Å². The van der Waals surface area contributed by atoms with E-state index in [0.717, 1.165) is 0 Å². The summed E-state index contributed by atoms with van der Waals surface area (Å²) in [6.45, 7) is 0. The van der Waals surface area contributed by atoms with Gasteiger partial charge in [0.1, 0.15) is 16.4 Å². The Hall–Kier alpha value is -0.170. The standard InChI is InChI=1S/C11H17S/c1-3-7-11(8-4-1)12-9-5-2-6-10-12/h1,3,7H,2,4-6,8-10H2/q+1. The lowest BCUT2D eigenvalue weighted by Crippen LogP contribution is -2.19. The van der Waals surface area contributed by atoms with Crippen LogP contribution in [0.4, 0.5) is 0 Å². The van der Waals surface area contributed by atoms with Gasteiger partial charge in [-0.2, -0.15) is 0 Å². The molecule has 1 fully saturated rings. The first kappa shape index (κ1) is 8.43. The summed E-state index contributed by atoms with van der Waals surface area (Å²) in [5.74, 6) is 2.97. The van der Waals surface area contributed by atoms with E-state index in [-0.39, 0.29) is 0 Å². The van der Waals surface area contributed by atoms with E-state index in [0.29, 0.717) is 10.9 Å². The zero-order chi connectivity index (χ0) is 8.23. The van der Waals surface area contributed by atoms with Gasteiger partial charge in [0.2, 0.25) is 0 Å². The maximum Gasteiger partial charge on any atom is 0.132 e. The molecule has 1 aliphatic carbocycles. The van der Waals surface area contributed by atoms with E-state index in [1.807, 2.05) is 0 Å². The van der Waals surface area contributed by atoms with Crippen LogP contribution in [0.3, 0.4) is 0 Å². The Labute approximate surface area is 78.1 Å². The predicted octanol–water partition coefficient (Wildman–Crippen LogP) is 3.02. The summed E-state index contributed by atoms with van der Waals surface area (Å²) in [7, 11) is 0.679. The van der Waals surface area contributed by atoms with Gasteiger partial charge in [-0.05, 0) is 31.8 Å². The number of hydrogen-bond donors (Lipinski definition) is 0. The maximum absolute atomic E-state index is 2.37. The van der Waals surface area contributed by atoms with Crippen molar-refractivity contribution < 1.29 is 0 Å². The van der Waals surface area contributed by atoms with Gasteiger partial charge in [0.05, 0.1) is 0 Å². The Balaban J connectivity index is 1.97. The van der Waals surface area contributed by atoms with Crippen molar-refractivity contribution in [3.8, 4) is 0 Å². The topological polar surface area (TPSA) is 0 Å². The van der Waals surface area contributed by atoms with Gasteiger partial charge in [-0.3, -0.25) is 0 Å². The highest BCUT2D eigenvalue weighted by molar-refractivity contribution is 8.00. The highest BCUT2D eigenvalue weighted by atomic mass is 32.2. The van der Waals surface area contributed by atoms with Crippen LogP contribution >= 0.6 is 0 Å². The molecule has 0 unspecified atom stereocenters. The van der Waals surface area contributed by atoms with Gasteiger partial charge in [0, 0.05) is 17.3 Å². The molecule has 12 heavy (non-hydrogen) atoms. The molecule has 0 aromatic carbocycles. The molecule has 1 saturated heterocycles. The predicted molar refractivity (Wildman–Crippen MR) is 57.4 cm³/mol. The zero-order valence-corrected chi connectivity index (χ0v) is 8.41. The van der Waals surface area contributed by atoms with Crippen LogP contribution in [0.5, 0.6) is 0 Å². The van der Waals surface area contributed by atoms with Crippen molar-refractivity contribution in [3.63, 3.8) is 0 Å². The third-order valence-corrected chi connectivity index (χ3v) is 5.27. The smallest absolute Gasteiger partial charge is 0.0839 e. The minimum Gasteiger partial charge on any atom is -0.0839 e. The van der Waals surface area contributed by atoms with Crippen LogP contribution in [0, 0.1) is 0 Å². The van der Waals surface area contributed by atoms with Gasteiger partial charge in [-0.15, -0.1) is 0 Å². The molecular formula is C11H17S+. The van der Waals surface area contributed by atoms with Crippen LogP contribution < -0.4 is 0 Å². The largest absolute Gasteiger partial charge is 0.132 e. The highest BCUT2D eigenvalue weighted by Crippen LogP contribution is 2.26. The number of allylic oxidation sites excluding steroid dienone is 4. The molecule has 0 nitrogen and oxygen atoms in total. The lowest BCUT2D eigenvalue weighted by molar-refractivity contribution is 0.757. The molecule has 0 amide bonds. The quantitative estimate of drug-likeness (QED) is 0.545. The van der Waals surface area contributed by atoms with Gasteiger partial charge in [-0.25, -0.2) is 0 Å². The van der Waals surface area contributed by atoms with E-state index in [1.165, 1.54) is 43.6 Å². The summed E-state index contributed by atoms with van der Waals surface area (Å²) in [5, 5.41) is 0. The molecule has 0 aromatic heterocycles. The Kier molecular flexibility index (Phi) is 2.93. The van der Waals surface area contributed by atoms with Gasteiger partial charge in [0.15, 0.2) is 0 Å². The van der Waals surface area contributed by atoms with Crippen molar-refractivity contribution in [1.29, 1.82) is 0 Å². The van der Waals surface area contributed by atoms with Crippen molar-refractivity contribution in [1.82, 2.24) is 0 Å². The summed E-state index contributed by atoms with van der Waals surface area (Å²) in [6.07, 6.45) is 14.0. The second-order valence-corrected chi connectivity index (χ2v) is 5.89. The molecule has 2 rings (SSSR count). The maximum atomic E-state index is 2.37. The molecule has 1 aliphatic heterocycles. The first-order chi connectivity index (χ1) is 5.97. The van der Waals surface area contributed by atoms with Crippen molar-refractivity contribution in [2.24, 2.45) is 0 Å². The monoisotopic (exact) mass is 181 g/mol. The van der Waals surface area contributed by atoms with E-state index in [1.54, 1.807) is 4.91 Å². The average molecular weight is 181 g/mol. The van der Waals surface area contributed by atoms with Crippen LogP contribution in [-0.4, -0.2) is 11.5 Å². The molecule has 2 aliphatic rings. The number of rotatable bonds is 1. The Bertz CT molecular complexity index is 197. The fraction of sp³-hybridized carbons (Fsp3) is 0.636. The van der Waals surface area contributed by atoms with Crippen LogP contribution in [-0.2, 0) is 10.9 Å². The summed E-state index contributed by atoms with van der Waals surface area (Å²) in [5.41, 5.74) is 0. The van der Waals surface area contributed by atoms with Crippen LogP contribution in [0.2, 0.25) is 0 Å². The Morgan fingerprint density at radius 2 is 1.92 bits per heavy atom. The van der Waals surface area contributed by atoms with Crippen molar-refractivity contribution >= 4 is 10.9 Å². The van der Waals surface area contributed by atoms with Gasteiger partial charge < -0.3 is 0 Å². The Morgan fingerprint density at radius 3 is 2.58 bits per heavy atom. The van der Waals surface area contributed by atoms with E-state index in [2.05, 4.69) is 18.2 Å². The lowest BCUT2D eigenvalue weighted by Gasteiger charge is -2.16. The molecule has 0 N–H and O–H groups in total. The molecule has 1 heteroatoms. The molecule has 0 aromatic rings. The van der Waals surface area contributed by atoms with Gasteiger partial charge in [0.25, 0.3) is 0 Å². The molecule has 0 atom stereocenters. The molecule has 0 bridgehead atoms. The molecule has 0 radical (unpaired) electrons. The minimum atomic E-state index is 0.679. The van der Waals surface area contributed by atoms with Gasteiger partial charge in [-0.1, -0.05) is 12.2 Å². The third-order valence-electron chi connectivity index (χ3n) is 2.63. The van der Waals surface area contributed by atoms with Crippen LogP contribution in [0.15, 0.2) is 23.1 Å². The number of hydrogen-bond acceptors (Lipinski definition) is 0. The molecular weight excluding hydrogens is 164 g/mol. The van der Waals surface area contributed by atoms with E-state index in [9.17, 15) is 0 Å². The van der Waals surface area contributed by atoms with E-state index in [4.69, 9.17) is 0 Å². The SMILES string of the molecule is C1=CCCC([S+]2CCCCC2)=C1. The minimum absolute atomic E-state index is 0.679. The summed E-state index contributed by atoms with van der Waals surface area (Å²) < 4.78 is 0. The molecule has 0 saturated carbocycles. The lowest BCUT2D eigenvalue weighted by atomic mass is 10.2. The first-order valence-corrected chi connectivity index (χ1v) is 6.56. The summed E-state index contributed by atoms with van der Waals surface area (Å²) in [4.78, 5) is 1.76. The first-order valence-electron chi connectivity index (χ1n) is 5.00. The average Bonchev–Trinajstić information content (AvgIpc) is 2.21. The normalized spacial score (nSPS) is 25.5. The van der Waals surface area contributed by atoms with E-state index >= 15 is 0 Å². The second kappa shape index (κ2) is 4.18. The Morgan fingerprint density at radius 1 is 1.08 bits per heavy atom. The second-order valence-electron chi connectivity index (χ2n) is 3.56. The van der Waals surface area contributed by atoms with Crippen LogP contribution in [0.1, 0.15) is 32.1 Å².